The maximum Gasteiger partial charge on any atom is 0.416 e. The molecule has 1 N–H and O–H groups in total. The number of ether oxygens (including phenoxy) is 2. The highest BCUT2D eigenvalue weighted by molar-refractivity contribution is 5.91. The van der Waals surface area contributed by atoms with Crippen LogP contribution in [0.3, 0.4) is 0 Å². The maximum absolute atomic E-state index is 13.6. The Bertz CT molecular complexity index is 1350. The van der Waals surface area contributed by atoms with Crippen molar-refractivity contribution in [2.75, 3.05) is 24.6 Å². The van der Waals surface area contributed by atoms with Gasteiger partial charge in [0.15, 0.2) is 6.29 Å². The number of hydrogen-bond acceptors (Lipinski definition) is 7. The zero-order valence-electron chi connectivity index (χ0n) is 25.7. The molecule has 0 spiro atoms. The van der Waals surface area contributed by atoms with Crippen LogP contribution >= 0.6 is 0 Å². The van der Waals surface area contributed by atoms with Crippen molar-refractivity contribution in [2.45, 2.75) is 70.4 Å². The number of pyridine rings is 1. The molecule has 2 amide bonds. The van der Waals surface area contributed by atoms with Gasteiger partial charge in [-0.15, -0.1) is 0 Å². The number of carbonyl (C=O) groups excluding carboxylic acids is 2. The highest BCUT2D eigenvalue weighted by Crippen LogP contribution is 2.34. The SMILES string of the molecule is CC(C)(C)OC(=O)N(c1ccc(C=CC(=O)NOC2CCCCO2)cn1)[C@@H]1CCN(C(c2ccccc2)c2ccccc2)C1. The predicted molar refractivity (Wildman–Crippen MR) is 170 cm³/mol. The van der Waals surface area contributed by atoms with Gasteiger partial charge in [0, 0.05) is 38.4 Å². The van der Waals surface area contributed by atoms with Crippen LogP contribution in [0.1, 0.15) is 69.2 Å². The lowest BCUT2D eigenvalue weighted by atomic mass is 9.97. The van der Waals surface area contributed by atoms with Crippen molar-refractivity contribution >= 4 is 23.9 Å². The first-order chi connectivity index (χ1) is 21.3. The largest absolute Gasteiger partial charge is 0.443 e. The molecule has 2 aromatic carbocycles. The fraction of sp³-hybridized carbons (Fsp3) is 0.400. The van der Waals surface area contributed by atoms with Gasteiger partial charge in [-0.25, -0.2) is 20.1 Å². The average Bonchev–Trinajstić information content (AvgIpc) is 3.49. The van der Waals surface area contributed by atoms with E-state index < -0.39 is 23.9 Å². The molecule has 2 fully saturated rings. The third-order valence-electron chi connectivity index (χ3n) is 7.62. The number of hydroxylamine groups is 1. The van der Waals surface area contributed by atoms with Crippen molar-refractivity contribution in [2.24, 2.45) is 0 Å². The fourth-order valence-electron chi connectivity index (χ4n) is 5.61. The molecule has 0 bridgehead atoms. The van der Waals surface area contributed by atoms with Crippen LogP contribution < -0.4 is 10.4 Å². The monoisotopic (exact) mass is 598 g/mol. The summed E-state index contributed by atoms with van der Waals surface area (Å²) in [6.07, 6.45) is 7.36. The van der Waals surface area contributed by atoms with Crippen LogP contribution in [-0.4, -0.2) is 59.5 Å². The second-order valence-electron chi connectivity index (χ2n) is 12.2. The number of nitrogens with zero attached hydrogens (tertiary/aromatic N) is 3. The normalized spacial score (nSPS) is 19.3. The van der Waals surface area contributed by atoms with Gasteiger partial charge in [0.1, 0.15) is 11.4 Å². The van der Waals surface area contributed by atoms with Crippen LogP contribution in [0.15, 0.2) is 85.1 Å². The Morgan fingerprint density at radius 2 is 1.70 bits per heavy atom. The van der Waals surface area contributed by atoms with Crippen molar-refractivity contribution < 1.29 is 23.9 Å². The minimum absolute atomic E-state index is 0.0585. The molecule has 9 nitrogen and oxygen atoms in total. The van der Waals surface area contributed by atoms with Gasteiger partial charge < -0.3 is 9.47 Å². The highest BCUT2D eigenvalue weighted by atomic mass is 16.8. The fourth-order valence-corrected chi connectivity index (χ4v) is 5.61. The lowest BCUT2D eigenvalue weighted by molar-refractivity contribution is -0.198. The number of anilines is 1. The lowest BCUT2D eigenvalue weighted by Crippen LogP contribution is -2.45. The van der Waals surface area contributed by atoms with Crippen molar-refractivity contribution in [1.82, 2.24) is 15.4 Å². The summed E-state index contributed by atoms with van der Waals surface area (Å²) in [6.45, 7) is 7.68. The minimum Gasteiger partial charge on any atom is -0.443 e. The van der Waals surface area contributed by atoms with E-state index in [0.29, 0.717) is 24.5 Å². The van der Waals surface area contributed by atoms with Gasteiger partial charge in [-0.1, -0.05) is 60.7 Å². The summed E-state index contributed by atoms with van der Waals surface area (Å²) < 4.78 is 11.3. The van der Waals surface area contributed by atoms with Crippen LogP contribution in [0.5, 0.6) is 0 Å². The molecule has 3 aromatic rings. The summed E-state index contributed by atoms with van der Waals surface area (Å²) in [5.41, 5.74) is 4.88. The number of amides is 2. The van der Waals surface area contributed by atoms with Gasteiger partial charge >= 0.3 is 6.09 Å². The molecule has 2 atom stereocenters. The Morgan fingerprint density at radius 1 is 1.00 bits per heavy atom. The zero-order valence-corrected chi connectivity index (χ0v) is 25.7. The molecule has 9 heteroatoms. The van der Waals surface area contributed by atoms with E-state index in [2.05, 4.69) is 63.9 Å². The number of benzene rings is 2. The number of rotatable bonds is 9. The summed E-state index contributed by atoms with van der Waals surface area (Å²) in [5.74, 6) is 0.109. The molecule has 2 saturated heterocycles. The van der Waals surface area contributed by atoms with Gasteiger partial charge in [-0.3, -0.25) is 14.6 Å². The number of likely N-dealkylation sites (tertiary alicyclic amines) is 1. The van der Waals surface area contributed by atoms with E-state index in [0.717, 1.165) is 32.2 Å². The van der Waals surface area contributed by atoms with Crippen LogP contribution in [0.2, 0.25) is 0 Å². The van der Waals surface area contributed by atoms with Gasteiger partial charge in [0.25, 0.3) is 5.91 Å². The quantitative estimate of drug-likeness (QED) is 0.229. The van der Waals surface area contributed by atoms with Crippen LogP contribution in [0.25, 0.3) is 6.08 Å². The van der Waals surface area contributed by atoms with Crippen molar-refractivity contribution in [3.8, 4) is 0 Å². The van der Waals surface area contributed by atoms with Gasteiger partial charge in [-0.05, 0) is 74.9 Å². The first-order valence-electron chi connectivity index (χ1n) is 15.3. The van der Waals surface area contributed by atoms with Crippen molar-refractivity contribution in [1.29, 1.82) is 0 Å². The van der Waals surface area contributed by atoms with Crippen LogP contribution in [-0.2, 0) is 19.1 Å². The Hall–Kier alpha value is -4.05. The molecule has 2 aliphatic rings. The van der Waals surface area contributed by atoms with E-state index >= 15 is 0 Å². The van der Waals surface area contributed by atoms with Crippen LogP contribution in [0.4, 0.5) is 10.6 Å². The molecule has 44 heavy (non-hydrogen) atoms. The Morgan fingerprint density at radius 3 is 2.30 bits per heavy atom. The van der Waals surface area contributed by atoms with Crippen molar-refractivity contribution in [3.05, 3.63) is 102 Å². The number of carbonyl (C=O) groups is 2. The lowest BCUT2D eigenvalue weighted by Gasteiger charge is -2.32. The van der Waals surface area contributed by atoms with E-state index in [-0.39, 0.29) is 12.1 Å². The molecule has 0 aliphatic carbocycles. The molecular formula is C35H42N4O5. The second kappa shape index (κ2) is 14.6. The Balaban J connectivity index is 1.31. The van der Waals surface area contributed by atoms with Gasteiger partial charge in [-0.2, -0.15) is 0 Å². The summed E-state index contributed by atoms with van der Waals surface area (Å²) in [7, 11) is 0. The average molecular weight is 599 g/mol. The smallest absolute Gasteiger partial charge is 0.416 e. The molecule has 3 heterocycles. The molecule has 5 rings (SSSR count). The molecule has 1 aromatic heterocycles. The molecule has 232 valence electrons. The second-order valence-corrected chi connectivity index (χ2v) is 12.2. The highest BCUT2D eigenvalue weighted by Gasteiger charge is 2.38. The van der Waals surface area contributed by atoms with E-state index in [1.54, 1.807) is 23.2 Å². The summed E-state index contributed by atoms with van der Waals surface area (Å²) in [4.78, 5) is 39.9. The molecule has 2 aliphatic heterocycles. The molecule has 0 radical (unpaired) electrons. The maximum atomic E-state index is 13.6. The van der Waals surface area contributed by atoms with Crippen LogP contribution in [0, 0.1) is 0 Å². The third kappa shape index (κ3) is 8.53. The molecular weight excluding hydrogens is 556 g/mol. The Kier molecular flexibility index (Phi) is 10.4. The zero-order chi connectivity index (χ0) is 30.9. The topological polar surface area (TPSA) is 93.2 Å². The number of hydrogen-bond donors (Lipinski definition) is 1. The molecule has 0 saturated carbocycles. The third-order valence-corrected chi connectivity index (χ3v) is 7.62. The first kappa shape index (κ1) is 31.4. The number of nitrogens with one attached hydrogen (secondary N) is 1. The van der Waals surface area contributed by atoms with E-state index in [1.807, 2.05) is 39.0 Å². The summed E-state index contributed by atoms with van der Waals surface area (Å²) in [5, 5.41) is 0. The Labute approximate surface area is 259 Å². The number of aromatic nitrogens is 1. The summed E-state index contributed by atoms with van der Waals surface area (Å²) >= 11 is 0. The van der Waals surface area contributed by atoms with E-state index in [1.165, 1.54) is 17.2 Å². The summed E-state index contributed by atoms with van der Waals surface area (Å²) in [6, 6.07) is 24.5. The van der Waals surface area contributed by atoms with Gasteiger partial charge in [0.05, 0.1) is 12.1 Å². The van der Waals surface area contributed by atoms with E-state index in [9.17, 15) is 9.59 Å². The first-order valence-corrected chi connectivity index (χ1v) is 15.3. The van der Waals surface area contributed by atoms with E-state index in [4.69, 9.17) is 14.3 Å². The van der Waals surface area contributed by atoms with Gasteiger partial charge in [0.2, 0.25) is 0 Å². The minimum atomic E-state index is -0.662. The van der Waals surface area contributed by atoms with Crippen molar-refractivity contribution in [3.63, 3.8) is 0 Å². The predicted octanol–water partition coefficient (Wildman–Crippen LogP) is 6.27. The standard InChI is InChI=1S/C35H42N4O5/c1-35(2,3)43-34(41)39(30-19-17-26(24-36-30)18-20-31(40)37-44-32-16-10-11-23-42-32)29-21-22-38(25-29)33(27-12-6-4-7-13-27)28-14-8-5-9-15-28/h4-9,12-15,17-20,24,29,32-33H,10-11,16,21-23,25H2,1-3H3,(H,37,40)/t29-,32?/m1/s1. The molecule has 1 unspecified atom stereocenters.